The predicted octanol–water partition coefficient (Wildman–Crippen LogP) is 3.34. The maximum absolute atomic E-state index is 12.5. The molecule has 0 spiro atoms. The first kappa shape index (κ1) is 21.5. The van der Waals surface area contributed by atoms with E-state index in [0.29, 0.717) is 11.5 Å². The van der Waals surface area contributed by atoms with Crippen LogP contribution in [0.25, 0.3) is 6.08 Å². The molecule has 0 aliphatic carbocycles. The van der Waals surface area contributed by atoms with Gasteiger partial charge in [0.2, 0.25) is 5.91 Å². The Bertz CT molecular complexity index is 943. The van der Waals surface area contributed by atoms with Crippen LogP contribution in [-0.4, -0.2) is 46.7 Å². The Hall–Kier alpha value is -2.80. The normalized spacial score (nSPS) is 12.6. The molecule has 0 fully saturated rings. The van der Waals surface area contributed by atoms with Gasteiger partial charge in [-0.2, -0.15) is 0 Å². The van der Waals surface area contributed by atoms with Crippen molar-refractivity contribution in [2.45, 2.75) is 17.9 Å². The van der Waals surface area contributed by atoms with Gasteiger partial charge in [-0.15, -0.1) is 0 Å². The van der Waals surface area contributed by atoms with Crippen LogP contribution >= 0.6 is 0 Å². The second kappa shape index (κ2) is 8.93. The minimum atomic E-state index is -3.24. The number of sulfone groups is 1. The summed E-state index contributed by atoms with van der Waals surface area (Å²) in [4.78, 5) is 14.4. The molecule has 28 heavy (non-hydrogen) atoms. The van der Waals surface area contributed by atoms with Crippen molar-refractivity contribution < 1.29 is 22.7 Å². The van der Waals surface area contributed by atoms with E-state index in [9.17, 15) is 13.2 Å². The molecule has 1 amide bonds. The van der Waals surface area contributed by atoms with Gasteiger partial charge >= 0.3 is 0 Å². The zero-order valence-corrected chi connectivity index (χ0v) is 17.5. The minimum absolute atomic E-state index is 0.179. The highest BCUT2D eigenvalue weighted by Gasteiger charge is 2.16. The Morgan fingerprint density at radius 2 is 1.57 bits per heavy atom. The van der Waals surface area contributed by atoms with Gasteiger partial charge in [-0.25, -0.2) is 8.42 Å². The molecule has 0 bridgehead atoms. The van der Waals surface area contributed by atoms with Crippen LogP contribution in [0, 0.1) is 0 Å². The lowest BCUT2D eigenvalue weighted by Crippen LogP contribution is -2.28. The van der Waals surface area contributed by atoms with E-state index in [0.717, 1.165) is 11.1 Å². The van der Waals surface area contributed by atoms with Crippen molar-refractivity contribution in [1.29, 1.82) is 0 Å². The second-order valence-corrected chi connectivity index (χ2v) is 8.46. The van der Waals surface area contributed by atoms with Crippen molar-refractivity contribution in [3.05, 3.63) is 59.7 Å². The van der Waals surface area contributed by atoms with Crippen molar-refractivity contribution in [2.24, 2.45) is 0 Å². The topological polar surface area (TPSA) is 72.9 Å². The predicted molar refractivity (Wildman–Crippen MR) is 109 cm³/mol. The molecule has 0 aliphatic rings. The molecule has 1 atom stereocenters. The monoisotopic (exact) mass is 403 g/mol. The van der Waals surface area contributed by atoms with E-state index in [2.05, 4.69) is 0 Å². The first-order chi connectivity index (χ1) is 13.2. The van der Waals surface area contributed by atoms with Gasteiger partial charge in [0.1, 0.15) is 11.5 Å². The number of amides is 1. The lowest BCUT2D eigenvalue weighted by molar-refractivity contribution is -0.126. The Morgan fingerprint density at radius 3 is 2.04 bits per heavy atom. The summed E-state index contributed by atoms with van der Waals surface area (Å²) in [6.45, 7) is 1.88. The van der Waals surface area contributed by atoms with Gasteiger partial charge in [0.25, 0.3) is 0 Å². The van der Waals surface area contributed by atoms with Crippen LogP contribution in [0.1, 0.15) is 24.1 Å². The fourth-order valence-electron chi connectivity index (χ4n) is 2.62. The van der Waals surface area contributed by atoms with Crippen molar-refractivity contribution in [3.8, 4) is 11.5 Å². The fourth-order valence-corrected chi connectivity index (χ4v) is 3.25. The molecule has 0 saturated carbocycles. The molecule has 2 aromatic carbocycles. The van der Waals surface area contributed by atoms with Crippen molar-refractivity contribution in [2.75, 3.05) is 27.5 Å². The number of carbonyl (C=O) groups is 1. The Labute approximate surface area is 166 Å². The summed E-state index contributed by atoms with van der Waals surface area (Å²) < 4.78 is 33.6. The van der Waals surface area contributed by atoms with E-state index >= 15 is 0 Å². The summed E-state index contributed by atoms with van der Waals surface area (Å²) >= 11 is 0. The maximum Gasteiger partial charge on any atom is 0.246 e. The number of rotatable bonds is 7. The van der Waals surface area contributed by atoms with Gasteiger partial charge in [-0.05, 0) is 48.4 Å². The molecule has 0 aliphatic heterocycles. The van der Waals surface area contributed by atoms with E-state index in [-0.39, 0.29) is 16.8 Å². The van der Waals surface area contributed by atoms with Crippen LogP contribution in [0.3, 0.4) is 0 Å². The highest BCUT2D eigenvalue weighted by Crippen LogP contribution is 2.24. The number of benzene rings is 2. The zero-order chi connectivity index (χ0) is 20.9. The number of carbonyl (C=O) groups excluding carboxylic acids is 1. The number of hydrogen-bond donors (Lipinski definition) is 0. The van der Waals surface area contributed by atoms with E-state index in [4.69, 9.17) is 9.47 Å². The van der Waals surface area contributed by atoms with Crippen molar-refractivity contribution >= 4 is 21.8 Å². The summed E-state index contributed by atoms with van der Waals surface area (Å²) in [5.74, 6) is 1.10. The average molecular weight is 404 g/mol. The van der Waals surface area contributed by atoms with E-state index in [1.54, 1.807) is 74.7 Å². The molecule has 0 aromatic heterocycles. The maximum atomic E-state index is 12.5. The number of methoxy groups -OCH3 is 2. The number of likely N-dealkylation sites (N-methyl/N-ethyl adjacent to an activating group) is 1. The summed E-state index contributed by atoms with van der Waals surface area (Å²) in [6, 6.07) is 11.7. The summed E-state index contributed by atoms with van der Waals surface area (Å²) in [7, 11) is 1.59. The lowest BCUT2D eigenvalue weighted by Gasteiger charge is -2.24. The van der Waals surface area contributed by atoms with Crippen LogP contribution in [0.5, 0.6) is 11.5 Å². The first-order valence-electron chi connectivity index (χ1n) is 8.63. The number of hydrogen-bond acceptors (Lipinski definition) is 5. The molecule has 6 nitrogen and oxygen atoms in total. The molecule has 0 N–H and O–H groups in total. The van der Waals surface area contributed by atoms with Gasteiger partial charge in [0, 0.05) is 25.4 Å². The zero-order valence-electron chi connectivity index (χ0n) is 16.7. The molecule has 0 unspecified atom stereocenters. The molecule has 0 heterocycles. The molecule has 0 radical (unpaired) electrons. The molecule has 2 aromatic rings. The Morgan fingerprint density at radius 1 is 1.04 bits per heavy atom. The standard InChI is InChI=1S/C21H25NO5S/c1-15(17-7-9-20(10-8-17)28(5,24)25)22(2)21(23)11-6-16-12-18(26-3)14-19(13-16)27-4/h6-15H,1-5H3/b11-6+/t15-/m1/s1. The largest absolute Gasteiger partial charge is 0.497 e. The van der Waals surface area contributed by atoms with Crippen LogP contribution in [0.4, 0.5) is 0 Å². The third-order valence-electron chi connectivity index (χ3n) is 4.51. The van der Waals surface area contributed by atoms with Gasteiger partial charge in [0.15, 0.2) is 9.84 Å². The quantitative estimate of drug-likeness (QED) is 0.663. The van der Waals surface area contributed by atoms with Crippen molar-refractivity contribution in [1.82, 2.24) is 4.90 Å². The number of nitrogens with zero attached hydrogens (tertiary/aromatic N) is 1. The van der Waals surface area contributed by atoms with Gasteiger partial charge in [-0.1, -0.05) is 12.1 Å². The summed E-state index contributed by atoms with van der Waals surface area (Å²) in [5.41, 5.74) is 1.63. The van der Waals surface area contributed by atoms with Crippen molar-refractivity contribution in [3.63, 3.8) is 0 Å². The minimum Gasteiger partial charge on any atom is -0.497 e. The van der Waals surface area contributed by atoms with E-state index in [1.165, 1.54) is 12.3 Å². The molecule has 150 valence electrons. The average Bonchev–Trinajstić information content (AvgIpc) is 2.69. The molecule has 0 saturated heterocycles. The SMILES string of the molecule is COc1cc(/C=C/C(=O)N(C)[C@H](C)c2ccc(S(C)(=O)=O)cc2)cc(OC)c1. The van der Waals surface area contributed by atoms with Gasteiger partial charge in [-0.3, -0.25) is 4.79 Å². The smallest absolute Gasteiger partial charge is 0.246 e. The van der Waals surface area contributed by atoms with E-state index in [1.807, 2.05) is 6.92 Å². The molecular formula is C21H25NO5S. The Balaban J connectivity index is 2.14. The third-order valence-corrected chi connectivity index (χ3v) is 5.64. The second-order valence-electron chi connectivity index (χ2n) is 6.45. The van der Waals surface area contributed by atoms with Gasteiger partial charge < -0.3 is 14.4 Å². The van der Waals surface area contributed by atoms with Gasteiger partial charge in [0.05, 0.1) is 25.2 Å². The van der Waals surface area contributed by atoms with Crippen LogP contribution in [0.2, 0.25) is 0 Å². The van der Waals surface area contributed by atoms with E-state index < -0.39 is 9.84 Å². The molecular weight excluding hydrogens is 378 g/mol. The summed E-state index contributed by atoms with van der Waals surface area (Å²) in [6.07, 6.45) is 4.35. The lowest BCUT2D eigenvalue weighted by atomic mass is 10.1. The van der Waals surface area contributed by atoms with Crippen LogP contribution in [-0.2, 0) is 14.6 Å². The first-order valence-corrected chi connectivity index (χ1v) is 10.5. The van der Waals surface area contributed by atoms with Crippen LogP contribution in [0.15, 0.2) is 53.4 Å². The van der Waals surface area contributed by atoms with Crippen LogP contribution < -0.4 is 9.47 Å². The summed E-state index contributed by atoms with van der Waals surface area (Å²) in [5, 5.41) is 0. The Kier molecular flexibility index (Phi) is 6.85. The highest BCUT2D eigenvalue weighted by atomic mass is 32.2. The number of ether oxygens (including phenoxy) is 2. The molecule has 7 heteroatoms. The molecule has 2 rings (SSSR count). The highest BCUT2D eigenvalue weighted by molar-refractivity contribution is 7.90. The third kappa shape index (κ3) is 5.36. The fraction of sp³-hybridized carbons (Fsp3) is 0.286.